The number of hydrogen-bond acceptors (Lipinski definition) is 3. The van der Waals surface area contributed by atoms with Gasteiger partial charge in [-0.3, -0.25) is 9.80 Å². The average molecular weight is 265 g/mol. The minimum atomic E-state index is 0.477. The Hall–Kier alpha value is -0.120. The van der Waals surface area contributed by atoms with Crippen molar-refractivity contribution in [3.8, 4) is 0 Å². The maximum Gasteiger partial charge on any atom is 0.0266 e. The Kier molecular flexibility index (Phi) is 4.45. The van der Waals surface area contributed by atoms with E-state index >= 15 is 0 Å². The summed E-state index contributed by atoms with van der Waals surface area (Å²) in [5, 5.41) is 0. The predicted molar refractivity (Wildman–Crippen MR) is 80.2 cm³/mol. The zero-order chi connectivity index (χ0) is 13.2. The molecule has 0 aromatic heterocycles. The quantitative estimate of drug-likeness (QED) is 0.849. The lowest BCUT2D eigenvalue weighted by Gasteiger charge is -2.43. The van der Waals surface area contributed by atoms with Crippen LogP contribution in [0, 0.1) is 0 Å². The number of nitrogens with two attached hydrogens (primary N) is 1. The fourth-order valence-corrected chi connectivity index (χ4v) is 4.80. The molecule has 0 amide bonds. The minimum absolute atomic E-state index is 0.477. The lowest BCUT2D eigenvalue weighted by Crippen LogP contribution is -2.52. The van der Waals surface area contributed by atoms with E-state index in [9.17, 15) is 0 Å². The fraction of sp³-hybridized carbons (Fsp3) is 1.00. The van der Waals surface area contributed by atoms with Crippen molar-refractivity contribution >= 4 is 0 Å². The van der Waals surface area contributed by atoms with Gasteiger partial charge in [0.1, 0.15) is 0 Å². The molecule has 0 aromatic carbocycles. The first-order chi connectivity index (χ1) is 9.29. The van der Waals surface area contributed by atoms with E-state index in [0.29, 0.717) is 6.04 Å². The zero-order valence-corrected chi connectivity index (χ0v) is 12.6. The van der Waals surface area contributed by atoms with Crippen LogP contribution in [0.15, 0.2) is 0 Å². The Balaban J connectivity index is 1.65. The maximum absolute atomic E-state index is 6.07. The molecular weight excluding hydrogens is 234 g/mol. The molecule has 3 nitrogen and oxygen atoms in total. The molecule has 0 bridgehead atoms. The molecule has 2 unspecified atom stereocenters. The monoisotopic (exact) mass is 265 g/mol. The third-order valence-electron chi connectivity index (χ3n) is 5.82. The summed E-state index contributed by atoms with van der Waals surface area (Å²) in [7, 11) is 0. The van der Waals surface area contributed by atoms with Crippen LogP contribution >= 0.6 is 0 Å². The van der Waals surface area contributed by atoms with E-state index in [0.717, 1.165) is 18.1 Å². The van der Waals surface area contributed by atoms with E-state index < -0.39 is 0 Å². The van der Waals surface area contributed by atoms with Gasteiger partial charge in [0, 0.05) is 30.7 Å². The van der Waals surface area contributed by atoms with Crippen molar-refractivity contribution in [2.45, 2.75) is 82.5 Å². The Bertz CT molecular complexity index is 286. The van der Waals surface area contributed by atoms with Gasteiger partial charge in [-0.05, 0) is 58.0 Å². The summed E-state index contributed by atoms with van der Waals surface area (Å²) in [5.74, 6) is 0. The van der Waals surface area contributed by atoms with Crippen molar-refractivity contribution in [3.05, 3.63) is 0 Å². The van der Waals surface area contributed by atoms with E-state index in [1.807, 2.05) is 0 Å². The molecule has 19 heavy (non-hydrogen) atoms. The van der Waals surface area contributed by atoms with Gasteiger partial charge < -0.3 is 5.73 Å². The third kappa shape index (κ3) is 2.84. The molecule has 3 heteroatoms. The second kappa shape index (κ2) is 6.11. The lowest BCUT2D eigenvalue weighted by molar-refractivity contribution is 0.0666. The van der Waals surface area contributed by atoms with Crippen LogP contribution in [0.2, 0.25) is 0 Å². The van der Waals surface area contributed by atoms with Crippen molar-refractivity contribution in [2.75, 3.05) is 19.6 Å². The summed E-state index contributed by atoms with van der Waals surface area (Å²) >= 11 is 0. The van der Waals surface area contributed by atoms with Gasteiger partial charge in [-0.15, -0.1) is 0 Å². The van der Waals surface area contributed by atoms with E-state index in [1.165, 1.54) is 71.0 Å². The van der Waals surface area contributed by atoms with Gasteiger partial charge in [0.15, 0.2) is 0 Å². The topological polar surface area (TPSA) is 32.5 Å². The molecule has 0 spiro atoms. The van der Waals surface area contributed by atoms with Crippen LogP contribution in [-0.4, -0.2) is 53.6 Å². The molecule has 0 radical (unpaired) electrons. The van der Waals surface area contributed by atoms with Crippen LogP contribution in [0.25, 0.3) is 0 Å². The summed E-state index contributed by atoms with van der Waals surface area (Å²) in [6, 6.07) is 3.00. The summed E-state index contributed by atoms with van der Waals surface area (Å²) in [5.41, 5.74) is 6.07. The van der Waals surface area contributed by atoms with E-state index in [4.69, 9.17) is 5.73 Å². The highest BCUT2D eigenvalue weighted by Gasteiger charge is 2.40. The normalized spacial score (nSPS) is 40.6. The average Bonchev–Trinajstić information content (AvgIpc) is 2.86. The van der Waals surface area contributed by atoms with Crippen molar-refractivity contribution in [2.24, 2.45) is 5.73 Å². The largest absolute Gasteiger partial charge is 0.328 e. The molecule has 3 rings (SSSR count). The molecule has 1 aliphatic carbocycles. The molecule has 3 aliphatic rings. The second-order valence-electron chi connectivity index (χ2n) is 6.85. The predicted octanol–water partition coefficient (Wildman–Crippen LogP) is 2.21. The molecule has 0 aromatic rings. The summed E-state index contributed by atoms with van der Waals surface area (Å²) in [6.45, 7) is 6.29. The van der Waals surface area contributed by atoms with Crippen molar-refractivity contribution in [1.29, 1.82) is 0 Å². The summed E-state index contributed by atoms with van der Waals surface area (Å²) in [4.78, 5) is 5.62. The molecule has 1 saturated carbocycles. The molecule has 2 atom stereocenters. The summed E-state index contributed by atoms with van der Waals surface area (Å²) in [6.07, 6.45) is 10.9. The Morgan fingerprint density at radius 2 is 1.79 bits per heavy atom. The van der Waals surface area contributed by atoms with E-state index in [2.05, 4.69) is 16.7 Å². The molecule has 2 N–H and O–H groups in total. The van der Waals surface area contributed by atoms with Gasteiger partial charge in [0.05, 0.1) is 0 Å². The lowest BCUT2D eigenvalue weighted by atomic mass is 9.88. The number of nitrogens with zero attached hydrogens (tertiary/aromatic N) is 2. The molecule has 3 fully saturated rings. The van der Waals surface area contributed by atoms with Crippen molar-refractivity contribution < 1.29 is 0 Å². The fourth-order valence-electron chi connectivity index (χ4n) is 4.80. The molecule has 2 heterocycles. The smallest absolute Gasteiger partial charge is 0.0266 e. The number of likely N-dealkylation sites (N-methyl/N-ethyl adjacent to an activating group) is 1. The first-order valence-corrected chi connectivity index (χ1v) is 8.55. The molecule has 2 aliphatic heterocycles. The molecule has 110 valence electrons. The number of fused-ring (bicyclic) bond motifs is 1. The van der Waals surface area contributed by atoms with E-state index in [-0.39, 0.29) is 0 Å². The van der Waals surface area contributed by atoms with Crippen molar-refractivity contribution in [3.63, 3.8) is 0 Å². The van der Waals surface area contributed by atoms with Gasteiger partial charge in [-0.1, -0.05) is 13.3 Å². The highest BCUT2D eigenvalue weighted by atomic mass is 15.3. The van der Waals surface area contributed by atoms with Gasteiger partial charge in [-0.25, -0.2) is 0 Å². The molecule has 2 saturated heterocycles. The first kappa shape index (κ1) is 13.8. The molecular formula is C16H31N3. The maximum atomic E-state index is 6.07. The van der Waals surface area contributed by atoms with Gasteiger partial charge in [-0.2, -0.15) is 0 Å². The van der Waals surface area contributed by atoms with Crippen LogP contribution in [0.3, 0.4) is 0 Å². The van der Waals surface area contributed by atoms with E-state index in [1.54, 1.807) is 0 Å². The Morgan fingerprint density at radius 1 is 1.00 bits per heavy atom. The van der Waals surface area contributed by atoms with Crippen LogP contribution in [-0.2, 0) is 0 Å². The number of hydrogen-bond donors (Lipinski definition) is 1. The van der Waals surface area contributed by atoms with Gasteiger partial charge in [0.25, 0.3) is 0 Å². The minimum Gasteiger partial charge on any atom is -0.328 e. The number of piperidine rings is 1. The highest BCUT2D eigenvalue weighted by molar-refractivity contribution is 4.97. The van der Waals surface area contributed by atoms with Gasteiger partial charge in [0.2, 0.25) is 0 Å². The Labute approximate surface area is 118 Å². The Morgan fingerprint density at radius 3 is 2.53 bits per heavy atom. The van der Waals surface area contributed by atoms with Crippen LogP contribution in [0.5, 0.6) is 0 Å². The summed E-state index contributed by atoms with van der Waals surface area (Å²) < 4.78 is 0. The van der Waals surface area contributed by atoms with Crippen LogP contribution in [0.1, 0.15) is 58.3 Å². The zero-order valence-electron chi connectivity index (χ0n) is 12.6. The highest BCUT2D eigenvalue weighted by Crippen LogP contribution is 2.34. The SMILES string of the molecule is CCN(C1CCC(N)CC1)C1CCN2CCCCC12. The standard InChI is InChI=1S/C16H31N3/c1-2-19(14-8-6-13(17)7-9-14)16-10-12-18-11-4-3-5-15(16)18/h13-16H,2-12,17H2,1H3. The van der Waals surface area contributed by atoms with Gasteiger partial charge >= 0.3 is 0 Å². The number of rotatable bonds is 3. The van der Waals surface area contributed by atoms with Crippen LogP contribution < -0.4 is 5.73 Å². The first-order valence-electron chi connectivity index (χ1n) is 8.55. The van der Waals surface area contributed by atoms with Crippen LogP contribution in [0.4, 0.5) is 0 Å². The van der Waals surface area contributed by atoms with Crippen molar-refractivity contribution in [1.82, 2.24) is 9.80 Å². The third-order valence-corrected chi connectivity index (χ3v) is 5.82. The second-order valence-corrected chi connectivity index (χ2v) is 6.85.